The summed E-state index contributed by atoms with van der Waals surface area (Å²) in [5.74, 6) is 0.0665. The molecule has 0 radical (unpaired) electrons. The number of ether oxygens (including phenoxy) is 2. The van der Waals surface area contributed by atoms with Gasteiger partial charge in [0.2, 0.25) is 0 Å². The van der Waals surface area contributed by atoms with Crippen LogP contribution in [0.25, 0.3) is 0 Å². The van der Waals surface area contributed by atoms with Crippen molar-refractivity contribution in [1.82, 2.24) is 0 Å². The minimum absolute atomic E-state index is 0.227. The van der Waals surface area contributed by atoms with Gasteiger partial charge in [0.1, 0.15) is 5.75 Å². The van der Waals surface area contributed by atoms with Gasteiger partial charge in [0.25, 0.3) is 0 Å². The molecule has 0 aliphatic carbocycles. The lowest BCUT2D eigenvalue weighted by Crippen LogP contribution is -2.42. The van der Waals surface area contributed by atoms with Crippen LogP contribution in [0.5, 0.6) is 5.75 Å². The van der Waals surface area contributed by atoms with Crippen molar-refractivity contribution in [3.05, 3.63) is 29.8 Å². The maximum Gasteiger partial charge on any atom is 0.336 e. The quantitative estimate of drug-likeness (QED) is 0.721. The van der Waals surface area contributed by atoms with E-state index in [4.69, 9.17) is 15.2 Å². The lowest BCUT2D eigenvalue weighted by molar-refractivity contribution is -0.154. The molecular weight excluding hydrogens is 234 g/mol. The molecule has 0 bridgehead atoms. The molecule has 2 atom stereocenters. The van der Waals surface area contributed by atoms with Crippen molar-refractivity contribution in [3.63, 3.8) is 0 Å². The maximum absolute atomic E-state index is 11.3. The number of carbonyl (C=O) groups is 1. The van der Waals surface area contributed by atoms with Crippen LogP contribution in [0.1, 0.15) is 12.5 Å². The molecule has 0 aliphatic heterocycles. The van der Waals surface area contributed by atoms with E-state index in [9.17, 15) is 9.90 Å². The highest BCUT2D eigenvalue weighted by Gasteiger charge is 2.24. The van der Waals surface area contributed by atoms with E-state index >= 15 is 0 Å². The number of hydrogen-bond donors (Lipinski definition) is 2. The second-order valence-corrected chi connectivity index (χ2v) is 3.91. The van der Waals surface area contributed by atoms with E-state index in [1.165, 1.54) is 0 Å². The molecule has 0 spiro atoms. The monoisotopic (exact) mass is 253 g/mol. The van der Waals surface area contributed by atoms with Crippen molar-refractivity contribution in [2.45, 2.75) is 25.5 Å². The summed E-state index contributed by atoms with van der Waals surface area (Å²) in [5.41, 5.74) is 6.69. The van der Waals surface area contributed by atoms with Crippen LogP contribution in [0, 0.1) is 0 Å². The van der Waals surface area contributed by atoms with Crippen LogP contribution in [-0.2, 0) is 16.0 Å². The summed E-state index contributed by atoms with van der Waals surface area (Å²) in [6, 6.07) is 6.61. The van der Waals surface area contributed by atoms with Gasteiger partial charge in [-0.1, -0.05) is 12.1 Å². The van der Waals surface area contributed by atoms with E-state index < -0.39 is 18.1 Å². The molecule has 0 heterocycles. The van der Waals surface area contributed by atoms with Gasteiger partial charge >= 0.3 is 5.97 Å². The van der Waals surface area contributed by atoms with Crippen LogP contribution in [0.15, 0.2) is 24.3 Å². The molecular formula is C13H19NO4. The average molecular weight is 253 g/mol. The first-order valence-corrected chi connectivity index (χ1v) is 5.81. The van der Waals surface area contributed by atoms with Crippen molar-refractivity contribution in [3.8, 4) is 5.75 Å². The molecule has 0 aromatic heterocycles. The number of aliphatic hydroxyl groups is 1. The van der Waals surface area contributed by atoms with Crippen molar-refractivity contribution < 1.29 is 19.4 Å². The lowest BCUT2D eigenvalue weighted by atomic mass is 10.0. The smallest absolute Gasteiger partial charge is 0.336 e. The van der Waals surface area contributed by atoms with Gasteiger partial charge in [0.15, 0.2) is 6.10 Å². The van der Waals surface area contributed by atoms with Crippen LogP contribution in [0.3, 0.4) is 0 Å². The second-order valence-electron chi connectivity index (χ2n) is 3.91. The van der Waals surface area contributed by atoms with Crippen LogP contribution in [-0.4, -0.2) is 36.9 Å². The fourth-order valence-corrected chi connectivity index (χ4v) is 1.55. The van der Waals surface area contributed by atoms with Crippen LogP contribution >= 0.6 is 0 Å². The van der Waals surface area contributed by atoms with E-state index in [0.29, 0.717) is 6.42 Å². The second kappa shape index (κ2) is 6.98. The molecule has 5 heteroatoms. The third kappa shape index (κ3) is 4.01. The Hall–Kier alpha value is -1.59. The molecule has 0 saturated carbocycles. The molecule has 0 aliphatic rings. The summed E-state index contributed by atoms with van der Waals surface area (Å²) >= 11 is 0. The lowest BCUT2D eigenvalue weighted by Gasteiger charge is -2.17. The predicted molar refractivity (Wildman–Crippen MR) is 67.3 cm³/mol. The molecule has 3 N–H and O–H groups in total. The molecule has 1 aromatic carbocycles. The number of benzene rings is 1. The minimum atomic E-state index is -1.30. The fourth-order valence-electron chi connectivity index (χ4n) is 1.55. The summed E-state index contributed by atoms with van der Waals surface area (Å²) < 4.78 is 9.75. The molecule has 1 aromatic rings. The number of methoxy groups -OCH3 is 1. The number of esters is 1. The summed E-state index contributed by atoms with van der Waals surface area (Å²) in [7, 11) is 1.59. The number of rotatable bonds is 6. The number of carbonyl (C=O) groups excluding carboxylic acids is 1. The normalized spacial score (nSPS) is 13.8. The Kier molecular flexibility index (Phi) is 5.61. The van der Waals surface area contributed by atoms with Gasteiger partial charge in [-0.25, -0.2) is 4.79 Å². The first kappa shape index (κ1) is 14.5. The standard InChI is InChI=1S/C13H19NO4/c1-3-18-13(16)12(15)11(14)8-9-4-6-10(17-2)7-5-9/h4-7,11-12,15H,3,8,14H2,1-2H3/t11-,12-/m1/s1. The highest BCUT2D eigenvalue weighted by atomic mass is 16.5. The number of hydrogen-bond acceptors (Lipinski definition) is 5. The van der Waals surface area contributed by atoms with Crippen molar-refractivity contribution in [2.75, 3.05) is 13.7 Å². The number of aliphatic hydroxyl groups excluding tert-OH is 1. The summed E-state index contributed by atoms with van der Waals surface area (Å²) in [4.78, 5) is 11.3. The Morgan fingerprint density at radius 3 is 2.50 bits per heavy atom. The minimum Gasteiger partial charge on any atom is -0.497 e. The Labute approximate surface area is 107 Å². The van der Waals surface area contributed by atoms with E-state index in [1.54, 1.807) is 26.2 Å². The van der Waals surface area contributed by atoms with Crippen LogP contribution in [0.4, 0.5) is 0 Å². The Balaban J connectivity index is 2.57. The number of nitrogens with two attached hydrogens (primary N) is 1. The molecule has 0 unspecified atom stereocenters. The van der Waals surface area contributed by atoms with Gasteiger partial charge in [0, 0.05) is 6.04 Å². The summed E-state index contributed by atoms with van der Waals surface area (Å²) in [6.07, 6.45) is -0.906. The van der Waals surface area contributed by atoms with Crippen molar-refractivity contribution >= 4 is 5.97 Å². The van der Waals surface area contributed by atoms with Gasteiger partial charge in [-0.3, -0.25) is 0 Å². The fraction of sp³-hybridized carbons (Fsp3) is 0.462. The zero-order valence-electron chi connectivity index (χ0n) is 10.6. The van der Waals surface area contributed by atoms with E-state index in [1.807, 2.05) is 12.1 Å². The highest BCUT2D eigenvalue weighted by molar-refractivity contribution is 5.75. The molecule has 100 valence electrons. The van der Waals surface area contributed by atoms with Gasteiger partial charge in [-0.2, -0.15) is 0 Å². The molecule has 18 heavy (non-hydrogen) atoms. The highest BCUT2D eigenvalue weighted by Crippen LogP contribution is 2.13. The van der Waals surface area contributed by atoms with E-state index in [0.717, 1.165) is 11.3 Å². The summed E-state index contributed by atoms with van der Waals surface area (Å²) in [6.45, 7) is 1.91. The van der Waals surface area contributed by atoms with Gasteiger partial charge in [-0.15, -0.1) is 0 Å². The zero-order chi connectivity index (χ0) is 13.5. The predicted octanol–water partition coefficient (Wildman–Crippen LogP) is 0.489. The van der Waals surface area contributed by atoms with Crippen LogP contribution < -0.4 is 10.5 Å². The Morgan fingerprint density at radius 1 is 1.39 bits per heavy atom. The van der Waals surface area contributed by atoms with E-state index in [-0.39, 0.29) is 6.61 Å². The molecule has 1 rings (SSSR count). The summed E-state index contributed by atoms with van der Waals surface area (Å²) in [5, 5.41) is 9.66. The van der Waals surface area contributed by atoms with Gasteiger partial charge in [-0.05, 0) is 31.0 Å². The zero-order valence-corrected chi connectivity index (χ0v) is 10.6. The largest absolute Gasteiger partial charge is 0.497 e. The molecule has 5 nitrogen and oxygen atoms in total. The van der Waals surface area contributed by atoms with Gasteiger partial charge in [0.05, 0.1) is 13.7 Å². The van der Waals surface area contributed by atoms with Crippen molar-refractivity contribution in [1.29, 1.82) is 0 Å². The first-order chi connectivity index (χ1) is 8.58. The van der Waals surface area contributed by atoms with Gasteiger partial charge < -0.3 is 20.3 Å². The maximum atomic E-state index is 11.3. The first-order valence-electron chi connectivity index (χ1n) is 5.81. The average Bonchev–Trinajstić information content (AvgIpc) is 2.39. The molecule has 0 amide bonds. The Bertz CT molecular complexity index is 377. The third-order valence-electron chi connectivity index (χ3n) is 2.56. The molecule has 0 fully saturated rings. The van der Waals surface area contributed by atoms with Crippen molar-refractivity contribution in [2.24, 2.45) is 5.73 Å². The topological polar surface area (TPSA) is 81.8 Å². The van der Waals surface area contributed by atoms with E-state index in [2.05, 4.69) is 0 Å². The third-order valence-corrected chi connectivity index (χ3v) is 2.56. The van der Waals surface area contributed by atoms with Crippen LogP contribution in [0.2, 0.25) is 0 Å². The Morgan fingerprint density at radius 2 is 2.00 bits per heavy atom. The molecule has 0 saturated heterocycles. The SMILES string of the molecule is CCOC(=O)[C@H](O)[C@H](N)Cc1ccc(OC)cc1.